The quantitative estimate of drug-likeness (QED) is 0.205. The van der Waals surface area contributed by atoms with Gasteiger partial charge in [0.2, 0.25) is 0 Å². The van der Waals surface area contributed by atoms with Crippen molar-refractivity contribution in [1.29, 1.82) is 0 Å². The lowest BCUT2D eigenvalue weighted by molar-refractivity contribution is -0.402. The first-order chi connectivity index (χ1) is 13.9. The highest BCUT2D eigenvalue weighted by molar-refractivity contribution is 5.91. The number of amides is 2. The molecule has 0 aliphatic rings. The maximum absolute atomic E-state index is 12.0. The number of hydrogen-bond donors (Lipinski definition) is 3. The van der Waals surface area contributed by atoms with Crippen LogP contribution in [0.3, 0.4) is 0 Å². The molecule has 2 amide bonds. The van der Waals surface area contributed by atoms with Crippen LogP contribution in [0, 0.1) is 15.0 Å². The number of nitrogens with zero attached hydrogens (tertiary/aromatic N) is 2. The zero-order valence-electron chi connectivity index (χ0n) is 17.5. The van der Waals surface area contributed by atoms with Crippen molar-refractivity contribution in [2.45, 2.75) is 51.8 Å². The van der Waals surface area contributed by atoms with Crippen LogP contribution in [0.25, 0.3) is 0 Å². The van der Waals surface area contributed by atoms with Crippen molar-refractivity contribution in [1.82, 2.24) is 16.1 Å². The molecule has 168 valence electrons. The minimum atomic E-state index is -0.976. The molecule has 1 unspecified atom stereocenters. The second-order valence-electron chi connectivity index (χ2n) is 7.83. The summed E-state index contributed by atoms with van der Waals surface area (Å²) in [6.45, 7) is 8.55. The Morgan fingerprint density at radius 1 is 1.23 bits per heavy atom. The van der Waals surface area contributed by atoms with Crippen LogP contribution in [-0.4, -0.2) is 53.8 Å². The van der Waals surface area contributed by atoms with Crippen LogP contribution in [0.5, 0.6) is 0 Å². The predicted molar refractivity (Wildman–Crippen MR) is 105 cm³/mol. The summed E-state index contributed by atoms with van der Waals surface area (Å²) in [5.41, 5.74) is 1.08. The van der Waals surface area contributed by atoms with Gasteiger partial charge in [-0.05, 0) is 40.7 Å². The zero-order chi connectivity index (χ0) is 22.9. The molecule has 30 heavy (non-hydrogen) atoms. The third kappa shape index (κ3) is 8.53. The van der Waals surface area contributed by atoms with Gasteiger partial charge in [0, 0.05) is 13.1 Å². The SMILES string of the molecule is CC(C)(C)OC(=O)NCCONC(C)(C)C(CNC(=O)c1ccc([N+](=O)[O-])o1)N=O. The van der Waals surface area contributed by atoms with Crippen molar-refractivity contribution in [2.75, 3.05) is 19.7 Å². The fraction of sp³-hybridized carbons (Fsp3) is 0.647. The van der Waals surface area contributed by atoms with Crippen LogP contribution in [0.4, 0.5) is 10.7 Å². The van der Waals surface area contributed by atoms with Gasteiger partial charge in [-0.15, -0.1) is 0 Å². The Kier molecular flexibility index (Phi) is 8.86. The first-order valence-corrected chi connectivity index (χ1v) is 9.06. The van der Waals surface area contributed by atoms with Crippen molar-refractivity contribution < 1.29 is 28.5 Å². The molecule has 0 aliphatic heterocycles. The smallest absolute Gasteiger partial charge is 0.433 e. The van der Waals surface area contributed by atoms with Crippen LogP contribution < -0.4 is 16.1 Å². The van der Waals surface area contributed by atoms with Gasteiger partial charge in [0.25, 0.3) is 5.91 Å². The van der Waals surface area contributed by atoms with Crippen molar-refractivity contribution >= 4 is 17.9 Å². The summed E-state index contributed by atoms with van der Waals surface area (Å²) >= 11 is 0. The first kappa shape index (κ1) is 25.0. The lowest BCUT2D eigenvalue weighted by Crippen LogP contribution is -2.53. The predicted octanol–water partition coefficient (Wildman–Crippen LogP) is 1.88. The van der Waals surface area contributed by atoms with E-state index in [-0.39, 0.29) is 25.5 Å². The summed E-state index contributed by atoms with van der Waals surface area (Å²) in [4.78, 5) is 49.9. The molecule has 0 saturated carbocycles. The molecular formula is C17H27N5O8. The minimum absolute atomic E-state index is 0.0800. The highest BCUT2D eigenvalue weighted by Crippen LogP contribution is 2.16. The molecule has 0 spiro atoms. The van der Waals surface area contributed by atoms with Gasteiger partial charge < -0.3 is 19.8 Å². The van der Waals surface area contributed by atoms with E-state index in [2.05, 4.69) is 21.3 Å². The number of nitroso groups, excluding NO2 is 1. The van der Waals surface area contributed by atoms with Crippen LogP contribution in [-0.2, 0) is 9.57 Å². The largest absolute Gasteiger partial charge is 0.444 e. The summed E-state index contributed by atoms with van der Waals surface area (Å²) in [6.07, 6.45) is -0.585. The van der Waals surface area contributed by atoms with Crippen molar-refractivity contribution in [3.05, 3.63) is 32.9 Å². The molecule has 3 N–H and O–H groups in total. The number of rotatable bonds is 11. The molecule has 0 aromatic carbocycles. The average molecular weight is 429 g/mol. The summed E-state index contributed by atoms with van der Waals surface area (Å²) in [5, 5.41) is 18.5. The van der Waals surface area contributed by atoms with E-state index in [4.69, 9.17) is 14.0 Å². The van der Waals surface area contributed by atoms with E-state index in [1.165, 1.54) is 0 Å². The number of hydroxylamine groups is 1. The molecular weight excluding hydrogens is 402 g/mol. The van der Waals surface area contributed by atoms with E-state index in [1.54, 1.807) is 34.6 Å². The van der Waals surface area contributed by atoms with Crippen molar-refractivity contribution in [2.24, 2.45) is 5.18 Å². The van der Waals surface area contributed by atoms with Gasteiger partial charge in [-0.25, -0.2) is 4.79 Å². The van der Waals surface area contributed by atoms with Crippen LogP contribution in [0.1, 0.15) is 45.2 Å². The van der Waals surface area contributed by atoms with Gasteiger partial charge in [0.1, 0.15) is 16.6 Å². The minimum Gasteiger partial charge on any atom is -0.444 e. The number of nitro groups is 1. The van der Waals surface area contributed by atoms with Gasteiger partial charge in [-0.1, -0.05) is 5.18 Å². The first-order valence-electron chi connectivity index (χ1n) is 9.06. The molecule has 1 aromatic rings. The van der Waals surface area contributed by atoms with E-state index in [0.29, 0.717) is 0 Å². The molecule has 13 heteroatoms. The van der Waals surface area contributed by atoms with Crippen molar-refractivity contribution in [3.8, 4) is 0 Å². The maximum atomic E-state index is 12.0. The molecule has 1 rings (SSSR count). The maximum Gasteiger partial charge on any atom is 0.433 e. The number of carbonyl (C=O) groups is 2. The van der Waals surface area contributed by atoms with E-state index in [0.717, 1.165) is 12.1 Å². The lowest BCUT2D eigenvalue weighted by Gasteiger charge is -2.30. The second kappa shape index (κ2) is 10.6. The molecule has 1 atom stereocenters. The molecule has 1 aromatic heterocycles. The van der Waals surface area contributed by atoms with E-state index in [1.807, 2.05) is 0 Å². The number of nitrogens with one attached hydrogen (secondary N) is 3. The van der Waals surface area contributed by atoms with Crippen molar-refractivity contribution in [3.63, 3.8) is 0 Å². The highest BCUT2D eigenvalue weighted by Gasteiger charge is 2.32. The molecule has 0 aliphatic carbocycles. The summed E-state index contributed by atoms with van der Waals surface area (Å²) < 4.78 is 9.87. The monoisotopic (exact) mass is 429 g/mol. The Labute approximate surface area is 172 Å². The Morgan fingerprint density at radius 3 is 2.43 bits per heavy atom. The Hall–Kier alpha value is -3.06. The molecule has 0 fully saturated rings. The topological polar surface area (TPSA) is 174 Å². The van der Waals surface area contributed by atoms with Gasteiger partial charge in [0.05, 0.1) is 18.2 Å². The average Bonchev–Trinajstić information content (AvgIpc) is 3.10. The highest BCUT2D eigenvalue weighted by atomic mass is 16.7. The molecule has 13 nitrogen and oxygen atoms in total. The Bertz CT molecular complexity index is 756. The molecule has 0 bridgehead atoms. The Balaban J connectivity index is 2.43. The van der Waals surface area contributed by atoms with E-state index < -0.39 is 40.0 Å². The van der Waals surface area contributed by atoms with E-state index in [9.17, 15) is 24.6 Å². The standard InChI is InChI=1S/C17H27N5O8/c1-16(2,3)30-15(24)18-8-9-28-21-17(4,5)12(20-25)10-19-14(23)11-6-7-13(29-11)22(26)27/h6-7,12,21H,8-10H2,1-5H3,(H,18,24)(H,19,23). The van der Waals surface area contributed by atoms with Gasteiger partial charge >= 0.3 is 12.0 Å². The fourth-order valence-electron chi connectivity index (χ4n) is 2.07. The third-order valence-corrected chi connectivity index (χ3v) is 3.62. The number of alkyl carbamates (subject to hydrolysis) is 1. The number of furan rings is 1. The molecule has 0 radical (unpaired) electrons. The van der Waals surface area contributed by atoms with Crippen LogP contribution in [0.15, 0.2) is 21.7 Å². The number of hydrogen-bond acceptors (Lipinski definition) is 10. The zero-order valence-corrected chi connectivity index (χ0v) is 17.5. The summed E-state index contributed by atoms with van der Waals surface area (Å²) in [7, 11) is 0. The van der Waals surface area contributed by atoms with Gasteiger partial charge in [0.15, 0.2) is 5.76 Å². The molecule has 1 heterocycles. The second-order valence-corrected chi connectivity index (χ2v) is 7.83. The fourth-order valence-corrected chi connectivity index (χ4v) is 2.07. The summed E-state index contributed by atoms with van der Waals surface area (Å²) in [6, 6.07) is 1.26. The summed E-state index contributed by atoms with van der Waals surface area (Å²) in [5.74, 6) is -1.56. The van der Waals surface area contributed by atoms with E-state index >= 15 is 0 Å². The molecule has 0 saturated heterocycles. The number of carbonyl (C=O) groups excluding carboxylic acids is 2. The van der Waals surface area contributed by atoms with Crippen LogP contribution in [0.2, 0.25) is 0 Å². The normalized spacial score (nSPS) is 12.7. The number of ether oxygens (including phenoxy) is 1. The van der Waals surface area contributed by atoms with Gasteiger partial charge in [-0.3, -0.25) is 19.7 Å². The third-order valence-electron chi connectivity index (χ3n) is 3.62. The van der Waals surface area contributed by atoms with Gasteiger partial charge in [-0.2, -0.15) is 10.4 Å². The Morgan fingerprint density at radius 2 is 1.90 bits per heavy atom. The lowest BCUT2D eigenvalue weighted by atomic mass is 9.96. The van der Waals surface area contributed by atoms with Crippen LogP contribution >= 0.6 is 0 Å².